The molecule has 3 heterocycles. The topological polar surface area (TPSA) is 66.4 Å². The molecule has 0 saturated carbocycles. The van der Waals surface area contributed by atoms with E-state index in [4.69, 9.17) is 11.6 Å². The van der Waals surface area contributed by atoms with Crippen molar-refractivity contribution in [3.05, 3.63) is 81.3 Å². The Morgan fingerprint density at radius 1 is 1.11 bits per heavy atom. The molecule has 2 amide bonds. The van der Waals surface area contributed by atoms with E-state index in [0.29, 0.717) is 35.8 Å². The largest absolute Gasteiger partial charge is 0.309 e. The van der Waals surface area contributed by atoms with E-state index in [1.54, 1.807) is 27.3 Å². The number of halogens is 1. The maximum atomic E-state index is 13.3. The summed E-state index contributed by atoms with van der Waals surface area (Å²) in [6, 6.07) is 14.9. The Labute approximate surface area is 170 Å². The highest BCUT2D eigenvalue weighted by atomic mass is 35.5. The van der Waals surface area contributed by atoms with Gasteiger partial charge in [-0.25, -0.2) is 0 Å². The van der Waals surface area contributed by atoms with Crippen LogP contribution in [0.5, 0.6) is 0 Å². The molecular formula is C20H15ClN4O2S. The van der Waals surface area contributed by atoms with Crippen LogP contribution >= 0.6 is 23.1 Å². The number of rotatable bonds is 2. The van der Waals surface area contributed by atoms with Gasteiger partial charge >= 0.3 is 0 Å². The van der Waals surface area contributed by atoms with E-state index < -0.39 is 5.66 Å². The van der Waals surface area contributed by atoms with Crippen LogP contribution in [0.15, 0.2) is 53.9 Å². The number of aromatic nitrogens is 2. The first-order chi connectivity index (χ1) is 13.6. The molecule has 0 bridgehead atoms. The van der Waals surface area contributed by atoms with E-state index in [1.807, 2.05) is 36.4 Å². The first-order valence-corrected chi connectivity index (χ1v) is 10.1. The second-order valence-corrected chi connectivity index (χ2v) is 7.91. The van der Waals surface area contributed by atoms with Crippen molar-refractivity contribution in [1.29, 1.82) is 0 Å². The Bertz CT molecular complexity index is 1070. The van der Waals surface area contributed by atoms with Crippen molar-refractivity contribution in [2.24, 2.45) is 0 Å². The van der Waals surface area contributed by atoms with Gasteiger partial charge in [0, 0.05) is 35.5 Å². The van der Waals surface area contributed by atoms with Crippen molar-refractivity contribution in [1.82, 2.24) is 19.4 Å². The normalized spacial score (nSPS) is 20.8. The van der Waals surface area contributed by atoms with Crippen LogP contribution in [0.4, 0.5) is 0 Å². The SMILES string of the molecule is O=C(c1csnn1)N1CCN2C(=O)c3ccccc3C[C@@]12c1ccc(Cl)cc1. The molecule has 5 rings (SSSR count). The summed E-state index contributed by atoms with van der Waals surface area (Å²) in [5.41, 5.74) is 1.86. The molecule has 6 nitrogen and oxygen atoms in total. The summed E-state index contributed by atoms with van der Waals surface area (Å²) in [7, 11) is 0. The van der Waals surface area contributed by atoms with Gasteiger partial charge in [0.2, 0.25) is 0 Å². The third kappa shape index (κ3) is 2.40. The molecule has 0 aliphatic carbocycles. The van der Waals surface area contributed by atoms with Crippen LogP contribution in [-0.4, -0.2) is 44.3 Å². The first kappa shape index (κ1) is 17.3. The molecule has 0 unspecified atom stereocenters. The van der Waals surface area contributed by atoms with Crippen molar-refractivity contribution in [2.75, 3.05) is 13.1 Å². The van der Waals surface area contributed by atoms with Crippen molar-refractivity contribution in [3.63, 3.8) is 0 Å². The fourth-order valence-electron chi connectivity index (χ4n) is 4.27. The predicted octanol–water partition coefficient (Wildman–Crippen LogP) is 3.20. The zero-order valence-corrected chi connectivity index (χ0v) is 16.3. The van der Waals surface area contributed by atoms with E-state index >= 15 is 0 Å². The lowest BCUT2D eigenvalue weighted by molar-refractivity contribution is 0.00743. The molecule has 0 radical (unpaired) electrons. The molecule has 1 atom stereocenters. The van der Waals surface area contributed by atoms with Crippen LogP contribution in [-0.2, 0) is 12.1 Å². The molecular weight excluding hydrogens is 396 g/mol. The fraction of sp³-hybridized carbons (Fsp3) is 0.200. The highest BCUT2D eigenvalue weighted by molar-refractivity contribution is 7.03. The average molecular weight is 411 g/mol. The third-order valence-corrected chi connectivity index (χ3v) is 6.26. The van der Waals surface area contributed by atoms with Crippen LogP contribution in [0.25, 0.3) is 0 Å². The van der Waals surface area contributed by atoms with Crippen LogP contribution in [0.1, 0.15) is 32.0 Å². The lowest BCUT2D eigenvalue weighted by atomic mass is 9.83. The molecule has 0 N–H and O–H groups in total. The highest BCUT2D eigenvalue weighted by Crippen LogP contribution is 2.45. The molecule has 2 aliphatic heterocycles. The molecule has 2 aliphatic rings. The van der Waals surface area contributed by atoms with Gasteiger partial charge in [-0.1, -0.05) is 46.4 Å². The third-order valence-electron chi connectivity index (χ3n) is 5.50. The van der Waals surface area contributed by atoms with Crippen molar-refractivity contribution < 1.29 is 9.59 Å². The van der Waals surface area contributed by atoms with Crippen LogP contribution in [0.3, 0.4) is 0 Å². The summed E-state index contributed by atoms with van der Waals surface area (Å²) in [5, 5.41) is 6.20. The molecule has 3 aromatic rings. The maximum Gasteiger partial charge on any atom is 0.277 e. The van der Waals surface area contributed by atoms with Crippen molar-refractivity contribution in [3.8, 4) is 0 Å². The van der Waals surface area contributed by atoms with E-state index in [2.05, 4.69) is 9.59 Å². The summed E-state index contributed by atoms with van der Waals surface area (Å²) < 4.78 is 3.82. The van der Waals surface area contributed by atoms with Crippen molar-refractivity contribution in [2.45, 2.75) is 12.1 Å². The maximum absolute atomic E-state index is 13.3. The van der Waals surface area contributed by atoms with Gasteiger partial charge in [-0.2, -0.15) is 0 Å². The molecule has 140 valence electrons. The lowest BCUT2D eigenvalue weighted by Crippen LogP contribution is -2.58. The number of carbonyl (C=O) groups excluding carboxylic acids is 2. The summed E-state index contributed by atoms with van der Waals surface area (Å²) in [6.07, 6.45) is 0.514. The summed E-state index contributed by atoms with van der Waals surface area (Å²) in [4.78, 5) is 30.2. The average Bonchev–Trinajstić information content (AvgIpc) is 3.37. The molecule has 1 aromatic heterocycles. The number of hydrogen-bond donors (Lipinski definition) is 0. The van der Waals surface area contributed by atoms with Gasteiger partial charge < -0.3 is 9.80 Å². The molecule has 2 aromatic carbocycles. The van der Waals surface area contributed by atoms with Crippen molar-refractivity contribution >= 4 is 34.9 Å². The Hall–Kier alpha value is -2.77. The van der Waals surface area contributed by atoms with Gasteiger partial charge in [-0.3, -0.25) is 9.59 Å². The van der Waals surface area contributed by atoms with Gasteiger partial charge in [0.05, 0.1) is 0 Å². The molecule has 8 heteroatoms. The molecule has 28 heavy (non-hydrogen) atoms. The minimum absolute atomic E-state index is 0.0662. The molecule has 1 saturated heterocycles. The van der Waals surface area contributed by atoms with Crippen LogP contribution in [0, 0.1) is 0 Å². The van der Waals surface area contributed by atoms with Gasteiger partial charge in [-0.15, -0.1) is 5.10 Å². The summed E-state index contributed by atoms with van der Waals surface area (Å²) in [6.45, 7) is 0.887. The Morgan fingerprint density at radius 3 is 2.64 bits per heavy atom. The highest BCUT2D eigenvalue weighted by Gasteiger charge is 2.55. The molecule has 0 spiro atoms. The second kappa shape index (κ2) is 6.39. The second-order valence-electron chi connectivity index (χ2n) is 6.86. The van der Waals surface area contributed by atoms with Gasteiger partial charge in [0.25, 0.3) is 11.8 Å². The number of carbonyl (C=O) groups is 2. The number of nitrogens with zero attached hydrogens (tertiary/aromatic N) is 4. The monoisotopic (exact) mass is 410 g/mol. The van der Waals surface area contributed by atoms with E-state index in [9.17, 15) is 9.59 Å². The predicted molar refractivity (Wildman–Crippen MR) is 105 cm³/mol. The van der Waals surface area contributed by atoms with Gasteiger partial charge in [0.15, 0.2) is 5.69 Å². The standard InChI is InChI=1S/C20H15ClN4O2S/c21-15-7-5-14(6-8-15)20-11-13-3-1-2-4-16(13)18(26)24(20)9-10-25(20)19(27)17-12-28-23-22-17/h1-8,12H,9-11H2/t20-/m0/s1. The fourth-order valence-corrected chi connectivity index (χ4v) is 4.82. The molecule has 1 fully saturated rings. The van der Waals surface area contributed by atoms with Gasteiger partial charge in [-0.05, 0) is 40.9 Å². The van der Waals surface area contributed by atoms with E-state index in [-0.39, 0.29) is 11.8 Å². The van der Waals surface area contributed by atoms with E-state index in [1.165, 1.54) is 0 Å². The minimum atomic E-state index is -0.906. The first-order valence-electron chi connectivity index (χ1n) is 8.86. The van der Waals surface area contributed by atoms with Crippen LogP contribution < -0.4 is 0 Å². The van der Waals surface area contributed by atoms with Crippen LogP contribution in [0.2, 0.25) is 5.02 Å². The number of benzene rings is 2. The zero-order valence-electron chi connectivity index (χ0n) is 14.7. The number of hydrogen-bond acceptors (Lipinski definition) is 5. The minimum Gasteiger partial charge on any atom is -0.309 e. The van der Waals surface area contributed by atoms with Gasteiger partial charge in [0.1, 0.15) is 5.66 Å². The Balaban J connectivity index is 1.71. The smallest absolute Gasteiger partial charge is 0.277 e. The zero-order chi connectivity index (χ0) is 19.3. The van der Waals surface area contributed by atoms with E-state index in [0.717, 1.165) is 22.7 Å². The summed E-state index contributed by atoms with van der Waals surface area (Å²) >= 11 is 7.24. The quantitative estimate of drug-likeness (QED) is 0.650. The summed E-state index contributed by atoms with van der Waals surface area (Å²) in [5.74, 6) is -0.290. The number of amides is 2. The Morgan fingerprint density at radius 2 is 1.89 bits per heavy atom. The lowest BCUT2D eigenvalue weighted by Gasteiger charge is -2.47. The number of fused-ring (bicyclic) bond motifs is 2. The Kier molecular flexibility index (Phi) is 3.96.